The summed E-state index contributed by atoms with van der Waals surface area (Å²) in [6, 6.07) is -1.27. The molecule has 0 aromatic carbocycles. The van der Waals surface area contributed by atoms with Crippen molar-refractivity contribution < 1.29 is 27.2 Å². The van der Waals surface area contributed by atoms with Gasteiger partial charge in [0.25, 0.3) is 0 Å². The SMILES string of the molecule is O=C(CCCl)NC(=O)NCC(F)(F)C(F)F. The standard InChI is InChI=1S/C7H9ClF4N2O2/c8-2-1-4(15)14-6(16)13-3-7(11,12)5(9)10/h5H,1-3H2,(H2,13,14,15,16). The van der Waals surface area contributed by atoms with Crippen LogP contribution in [-0.4, -0.2) is 36.7 Å². The molecule has 0 spiro atoms. The normalized spacial score (nSPS) is 11.4. The largest absolute Gasteiger partial charge is 0.332 e. The molecular formula is C7H9ClF4N2O2. The number of carbonyl (C=O) groups excluding carboxylic acids is 2. The van der Waals surface area contributed by atoms with E-state index in [1.807, 2.05) is 0 Å². The summed E-state index contributed by atoms with van der Waals surface area (Å²) in [6.45, 7) is -1.55. The van der Waals surface area contributed by atoms with Crippen LogP contribution in [0.25, 0.3) is 0 Å². The second kappa shape index (κ2) is 6.51. The minimum Gasteiger partial charge on any atom is -0.332 e. The summed E-state index contributed by atoms with van der Waals surface area (Å²) in [5.74, 6) is -5.16. The highest BCUT2D eigenvalue weighted by molar-refractivity contribution is 6.19. The van der Waals surface area contributed by atoms with E-state index in [0.717, 1.165) is 0 Å². The maximum absolute atomic E-state index is 12.3. The molecule has 0 aliphatic rings. The fourth-order valence-electron chi connectivity index (χ4n) is 0.594. The number of carbonyl (C=O) groups is 2. The number of halogens is 5. The highest BCUT2D eigenvalue weighted by Crippen LogP contribution is 2.21. The lowest BCUT2D eigenvalue weighted by Gasteiger charge is -2.15. The fourth-order valence-corrected chi connectivity index (χ4v) is 0.766. The zero-order valence-electron chi connectivity index (χ0n) is 7.90. The van der Waals surface area contributed by atoms with Gasteiger partial charge in [0.15, 0.2) is 0 Å². The molecule has 0 aromatic heterocycles. The first-order valence-electron chi connectivity index (χ1n) is 4.09. The smallest absolute Gasteiger partial charge is 0.324 e. The molecule has 0 fully saturated rings. The van der Waals surface area contributed by atoms with E-state index in [-0.39, 0.29) is 12.3 Å². The Morgan fingerprint density at radius 1 is 1.31 bits per heavy atom. The summed E-state index contributed by atoms with van der Waals surface area (Å²) in [5, 5.41) is 3.09. The van der Waals surface area contributed by atoms with E-state index < -0.39 is 30.8 Å². The van der Waals surface area contributed by atoms with E-state index >= 15 is 0 Å². The fraction of sp³-hybridized carbons (Fsp3) is 0.714. The Bertz CT molecular complexity index is 263. The number of alkyl halides is 5. The van der Waals surface area contributed by atoms with E-state index in [1.165, 1.54) is 5.32 Å². The quantitative estimate of drug-likeness (QED) is 0.582. The zero-order chi connectivity index (χ0) is 12.8. The average Bonchev–Trinajstić information content (AvgIpc) is 2.15. The minimum absolute atomic E-state index is 0.0493. The first-order valence-corrected chi connectivity index (χ1v) is 4.62. The van der Waals surface area contributed by atoms with Gasteiger partial charge in [0.1, 0.15) is 0 Å². The monoisotopic (exact) mass is 264 g/mol. The van der Waals surface area contributed by atoms with Gasteiger partial charge in [0.05, 0.1) is 6.54 Å². The Hall–Kier alpha value is -1.05. The third-order valence-corrected chi connectivity index (χ3v) is 1.57. The number of hydrogen-bond donors (Lipinski definition) is 2. The van der Waals surface area contributed by atoms with Crippen LogP contribution in [0.15, 0.2) is 0 Å². The molecule has 3 amide bonds. The van der Waals surface area contributed by atoms with Gasteiger partial charge < -0.3 is 5.32 Å². The molecule has 0 saturated heterocycles. The van der Waals surface area contributed by atoms with Gasteiger partial charge in [-0.25, -0.2) is 13.6 Å². The number of hydrogen-bond acceptors (Lipinski definition) is 2. The Kier molecular flexibility index (Phi) is 6.09. The molecule has 0 saturated carbocycles. The molecule has 0 aliphatic heterocycles. The van der Waals surface area contributed by atoms with Gasteiger partial charge in [-0.15, -0.1) is 11.6 Å². The Balaban J connectivity index is 3.94. The molecule has 2 N–H and O–H groups in total. The number of rotatable bonds is 5. The van der Waals surface area contributed by atoms with Crippen molar-refractivity contribution in [3.8, 4) is 0 Å². The molecule has 16 heavy (non-hydrogen) atoms. The molecule has 0 bridgehead atoms. The van der Waals surface area contributed by atoms with Crippen LogP contribution in [0.3, 0.4) is 0 Å². The molecule has 0 aromatic rings. The van der Waals surface area contributed by atoms with Gasteiger partial charge in [-0.05, 0) is 0 Å². The number of amides is 3. The summed E-state index contributed by atoms with van der Waals surface area (Å²) < 4.78 is 47.9. The van der Waals surface area contributed by atoms with E-state index in [2.05, 4.69) is 0 Å². The second-order valence-corrected chi connectivity index (χ2v) is 3.11. The van der Waals surface area contributed by atoms with E-state index in [1.54, 1.807) is 5.32 Å². The summed E-state index contributed by atoms with van der Waals surface area (Å²) in [7, 11) is 0. The van der Waals surface area contributed by atoms with Crippen LogP contribution in [0, 0.1) is 0 Å². The maximum atomic E-state index is 12.3. The van der Waals surface area contributed by atoms with Crippen molar-refractivity contribution >= 4 is 23.5 Å². The van der Waals surface area contributed by atoms with Crippen LogP contribution < -0.4 is 10.6 Å². The van der Waals surface area contributed by atoms with Crippen molar-refractivity contribution in [2.45, 2.75) is 18.8 Å². The van der Waals surface area contributed by atoms with Crippen LogP contribution in [-0.2, 0) is 4.79 Å². The third-order valence-electron chi connectivity index (χ3n) is 1.38. The molecule has 9 heteroatoms. The lowest BCUT2D eigenvalue weighted by Crippen LogP contribution is -2.46. The van der Waals surface area contributed by atoms with Crippen molar-refractivity contribution in [3.05, 3.63) is 0 Å². The molecule has 0 radical (unpaired) electrons. The number of urea groups is 1. The van der Waals surface area contributed by atoms with Crippen LogP contribution in [0.4, 0.5) is 22.4 Å². The van der Waals surface area contributed by atoms with E-state index in [9.17, 15) is 27.2 Å². The third kappa shape index (κ3) is 5.74. The van der Waals surface area contributed by atoms with Crippen molar-refractivity contribution in [1.29, 1.82) is 0 Å². The van der Waals surface area contributed by atoms with Gasteiger partial charge >= 0.3 is 18.4 Å². The van der Waals surface area contributed by atoms with Crippen LogP contribution in [0.1, 0.15) is 6.42 Å². The minimum atomic E-state index is -4.33. The molecule has 0 atom stereocenters. The summed E-state index contributed by atoms with van der Waals surface area (Å²) in [5.41, 5.74) is 0. The molecule has 4 nitrogen and oxygen atoms in total. The Labute approximate surface area is 93.3 Å². The summed E-state index contributed by atoms with van der Waals surface area (Å²) in [6.07, 6.45) is -4.06. The second-order valence-electron chi connectivity index (χ2n) is 2.73. The molecule has 0 unspecified atom stereocenters. The summed E-state index contributed by atoms with van der Waals surface area (Å²) in [4.78, 5) is 21.5. The Morgan fingerprint density at radius 2 is 1.88 bits per heavy atom. The van der Waals surface area contributed by atoms with Crippen LogP contribution in [0.2, 0.25) is 0 Å². The molecule has 0 heterocycles. The van der Waals surface area contributed by atoms with E-state index in [4.69, 9.17) is 11.6 Å². The molecular weight excluding hydrogens is 256 g/mol. The Morgan fingerprint density at radius 3 is 2.31 bits per heavy atom. The van der Waals surface area contributed by atoms with Gasteiger partial charge in [-0.3, -0.25) is 10.1 Å². The highest BCUT2D eigenvalue weighted by atomic mass is 35.5. The number of nitrogens with one attached hydrogen (secondary N) is 2. The van der Waals surface area contributed by atoms with Gasteiger partial charge in [0.2, 0.25) is 5.91 Å². The van der Waals surface area contributed by atoms with Crippen molar-refractivity contribution in [1.82, 2.24) is 10.6 Å². The van der Waals surface area contributed by atoms with Crippen molar-refractivity contribution in [2.75, 3.05) is 12.4 Å². The van der Waals surface area contributed by atoms with Crippen LogP contribution >= 0.6 is 11.6 Å². The first kappa shape index (κ1) is 14.9. The van der Waals surface area contributed by atoms with Gasteiger partial charge in [0, 0.05) is 12.3 Å². The average molecular weight is 265 g/mol. The molecule has 0 aliphatic carbocycles. The zero-order valence-corrected chi connectivity index (χ0v) is 8.66. The van der Waals surface area contributed by atoms with Crippen molar-refractivity contribution in [3.63, 3.8) is 0 Å². The van der Waals surface area contributed by atoms with E-state index in [0.29, 0.717) is 0 Å². The predicted octanol–water partition coefficient (Wildman–Crippen LogP) is 1.34. The van der Waals surface area contributed by atoms with Gasteiger partial charge in [-0.2, -0.15) is 8.78 Å². The topological polar surface area (TPSA) is 58.2 Å². The van der Waals surface area contributed by atoms with Gasteiger partial charge in [-0.1, -0.05) is 0 Å². The van der Waals surface area contributed by atoms with Crippen LogP contribution in [0.5, 0.6) is 0 Å². The van der Waals surface area contributed by atoms with Crippen molar-refractivity contribution in [2.24, 2.45) is 0 Å². The molecule has 94 valence electrons. The number of imide groups is 1. The predicted molar refractivity (Wildman–Crippen MR) is 47.8 cm³/mol. The highest BCUT2D eigenvalue weighted by Gasteiger charge is 2.40. The lowest BCUT2D eigenvalue weighted by atomic mass is 10.3. The first-order chi connectivity index (χ1) is 7.29. The maximum Gasteiger partial charge on any atom is 0.324 e. The summed E-state index contributed by atoms with van der Waals surface area (Å²) >= 11 is 5.16. The lowest BCUT2D eigenvalue weighted by molar-refractivity contribution is -0.124. The molecule has 0 rings (SSSR count).